The minimum atomic E-state index is 0.219. The van der Waals surface area contributed by atoms with Crippen molar-refractivity contribution in [3.05, 3.63) is 64.7 Å². The van der Waals surface area contributed by atoms with Gasteiger partial charge in [0.05, 0.1) is 6.04 Å². The van der Waals surface area contributed by atoms with Crippen LogP contribution in [0.15, 0.2) is 42.5 Å². The van der Waals surface area contributed by atoms with E-state index in [1.807, 2.05) is 0 Å². The predicted molar refractivity (Wildman–Crippen MR) is 114 cm³/mol. The zero-order valence-electron chi connectivity index (χ0n) is 17.0. The van der Waals surface area contributed by atoms with E-state index in [4.69, 9.17) is 0 Å². The molecule has 0 aromatic heterocycles. The molecule has 2 heteroatoms. The maximum Gasteiger partial charge on any atom is 0.0560 e. The highest BCUT2D eigenvalue weighted by Crippen LogP contribution is 2.50. The SMILES string of the molecule is CC(C)(C)c1ccc(C2CC(N3CCCC3)c3cccc4c3N2CC4)cc1. The second-order valence-electron chi connectivity index (χ2n) is 9.68. The Morgan fingerprint density at radius 2 is 1.59 bits per heavy atom. The van der Waals surface area contributed by atoms with Crippen molar-refractivity contribution >= 4 is 5.69 Å². The van der Waals surface area contributed by atoms with Gasteiger partial charge in [-0.1, -0.05) is 63.2 Å². The molecule has 0 bridgehead atoms. The van der Waals surface area contributed by atoms with Crippen LogP contribution in [0.5, 0.6) is 0 Å². The fraction of sp³-hybridized carbons (Fsp3) is 0.520. The molecule has 2 atom stereocenters. The van der Waals surface area contributed by atoms with Crippen LogP contribution >= 0.6 is 0 Å². The Kier molecular flexibility index (Phi) is 4.09. The molecule has 0 amide bonds. The number of para-hydroxylation sites is 1. The molecule has 0 radical (unpaired) electrons. The smallest absolute Gasteiger partial charge is 0.0560 e. The first-order valence-corrected chi connectivity index (χ1v) is 10.8. The van der Waals surface area contributed by atoms with E-state index in [9.17, 15) is 0 Å². The fourth-order valence-corrected chi connectivity index (χ4v) is 5.48. The topological polar surface area (TPSA) is 6.48 Å². The summed E-state index contributed by atoms with van der Waals surface area (Å²) in [6.45, 7) is 10.6. The second kappa shape index (κ2) is 6.38. The monoisotopic (exact) mass is 360 g/mol. The van der Waals surface area contributed by atoms with Crippen molar-refractivity contribution in [2.75, 3.05) is 24.5 Å². The van der Waals surface area contributed by atoms with Gasteiger partial charge in [-0.05, 0) is 66.4 Å². The molecule has 1 fully saturated rings. The minimum absolute atomic E-state index is 0.219. The van der Waals surface area contributed by atoms with Gasteiger partial charge in [-0.15, -0.1) is 0 Å². The molecule has 3 aliphatic rings. The van der Waals surface area contributed by atoms with Crippen LogP contribution in [0.3, 0.4) is 0 Å². The number of hydrogen-bond acceptors (Lipinski definition) is 2. The number of anilines is 1. The van der Waals surface area contributed by atoms with Gasteiger partial charge in [-0.2, -0.15) is 0 Å². The highest BCUT2D eigenvalue weighted by atomic mass is 15.2. The summed E-state index contributed by atoms with van der Waals surface area (Å²) >= 11 is 0. The number of hydrogen-bond donors (Lipinski definition) is 0. The molecule has 0 aliphatic carbocycles. The largest absolute Gasteiger partial charge is 0.364 e. The molecule has 2 aromatic rings. The lowest BCUT2D eigenvalue weighted by atomic mass is 9.83. The molecule has 0 saturated carbocycles. The lowest BCUT2D eigenvalue weighted by Crippen LogP contribution is -2.38. The van der Waals surface area contributed by atoms with Crippen molar-refractivity contribution in [1.29, 1.82) is 0 Å². The Balaban J connectivity index is 1.54. The predicted octanol–water partition coefficient (Wildman–Crippen LogP) is 5.63. The molecule has 142 valence electrons. The third kappa shape index (κ3) is 2.89. The summed E-state index contributed by atoms with van der Waals surface area (Å²) in [6.07, 6.45) is 5.15. The van der Waals surface area contributed by atoms with E-state index in [1.165, 1.54) is 56.4 Å². The standard InChI is InChI=1S/C25H32N2/c1-25(2,3)20-11-9-18(10-12-20)22-17-23(26-14-4-5-15-26)21-8-6-7-19-13-16-27(22)24(19)21/h6-12,22-23H,4-5,13-17H2,1-3H3. The Morgan fingerprint density at radius 1 is 0.852 bits per heavy atom. The van der Waals surface area contributed by atoms with Crippen molar-refractivity contribution in [2.24, 2.45) is 0 Å². The first-order valence-electron chi connectivity index (χ1n) is 10.8. The van der Waals surface area contributed by atoms with E-state index in [2.05, 4.69) is 73.0 Å². The highest BCUT2D eigenvalue weighted by molar-refractivity contribution is 5.67. The molecule has 2 unspecified atom stereocenters. The summed E-state index contributed by atoms with van der Waals surface area (Å²) in [5.74, 6) is 0. The number of nitrogens with zero attached hydrogens (tertiary/aromatic N) is 2. The number of benzene rings is 2. The van der Waals surface area contributed by atoms with E-state index < -0.39 is 0 Å². The van der Waals surface area contributed by atoms with E-state index >= 15 is 0 Å². The van der Waals surface area contributed by atoms with Gasteiger partial charge < -0.3 is 4.90 Å². The van der Waals surface area contributed by atoms with Gasteiger partial charge in [0.15, 0.2) is 0 Å². The number of likely N-dealkylation sites (tertiary alicyclic amines) is 1. The average molecular weight is 361 g/mol. The van der Waals surface area contributed by atoms with Crippen LogP contribution in [0.1, 0.15) is 74.4 Å². The molecule has 3 heterocycles. The average Bonchev–Trinajstić information content (AvgIpc) is 3.33. The summed E-state index contributed by atoms with van der Waals surface area (Å²) in [4.78, 5) is 5.46. The summed E-state index contributed by atoms with van der Waals surface area (Å²) in [5, 5.41) is 0. The normalized spacial score (nSPS) is 25.1. The van der Waals surface area contributed by atoms with Crippen LogP contribution in [0, 0.1) is 0 Å². The zero-order chi connectivity index (χ0) is 18.6. The molecule has 0 N–H and O–H groups in total. The Bertz CT molecular complexity index is 824. The third-order valence-electron chi connectivity index (χ3n) is 6.98. The first-order chi connectivity index (χ1) is 13.0. The third-order valence-corrected chi connectivity index (χ3v) is 6.98. The van der Waals surface area contributed by atoms with Crippen molar-refractivity contribution in [3.8, 4) is 0 Å². The van der Waals surface area contributed by atoms with Crippen LogP contribution in [0.25, 0.3) is 0 Å². The van der Waals surface area contributed by atoms with Gasteiger partial charge in [0.2, 0.25) is 0 Å². The van der Waals surface area contributed by atoms with E-state index in [0.717, 1.165) is 0 Å². The van der Waals surface area contributed by atoms with Crippen molar-refractivity contribution in [2.45, 2.75) is 64.0 Å². The van der Waals surface area contributed by atoms with Crippen LogP contribution in [-0.4, -0.2) is 24.5 Å². The van der Waals surface area contributed by atoms with Gasteiger partial charge in [0.1, 0.15) is 0 Å². The minimum Gasteiger partial charge on any atom is -0.364 e. The maximum absolute atomic E-state index is 2.75. The van der Waals surface area contributed by atoms with Crippen LogP contribution in [-0.2, 0) is 11.8 Å². The molecule has 0 spiro atoms. The molecular formula is C25H32N2. The maximum atomic E-state index is 2.75. The Morgan fingerprint density at radius 3 is 2.30 bits per heavy atom. The van der Waals surface area contributed by atoms with E-state index in [-0.39, 0.29) is 5.41 Å². The van der Waals surface area contributed by atoms with Gasteiger partial charge in [-0.25, -0.2) is 0 Å². The van der Waals surface area contributed by atoms with Crippen LogP contribution in [0.4, 0.5) is 5.69 Å². The highest BCUT2D eigenvalue weighted by Gasteiger charge is 2.40. The fourth-order valence-electron chi connectivity index (χ4n) is 5.48. The Hall–Kier alpha value is -1.80. The van der Waals surface area contributed by atoms with Gasteiger partial charge in [0.25, 0.3) is 0 Å². The van der Waals surface area contributed by atoms with E-state index in [1.54, 1.807) is 16.8 Å². The van der Waals surface area contributed by atoms with Crippen molar-refractivity contribution in [1.82, 2.24) is 4.90 Å². The summed E-state index contributed by atoms with van der Waals surface area (Å²) in [6, 6.07) is 17.7. The first kappa shape index (κ1) is 17.3. The Labute approximate surface area is 164 Å². The molecule has 2 aromatic carbocycles. The summed E-state index contributed by atoms with van der Waals surface area (Å²) < 4.78 is 0. The second-order valence-corrected chi connectivity index (χ2v) is 9.68. The summed E-state index contributed by atoms with van der Waals surface area (Å²) in [5.41, 5.74) is 7.86. The lowest BCUT2D eigenvalue weighted by molar-refractivity contribution is 0.213. The zero-order valence-corrected chi connectivity index (χ0v) is 17.0. The molecule has 1 saturated heterocycles. The molecule has 2 nitrogen and oxygen atoms in total. The van der Waals surface area contributed by atoms with E-state index in [0.29, 0.717) is 12.1 Å². The van der Waals surface area contributed by atoms with Gasteiger partial charge >= 0.3 is 0 Å². The van der Waals surface area contributed by atoms with Crippen LogP contribution in [0.2, 0.25) is 0 Å². The molecule has 27 heavy (non-hydrogen) atoms. The summed E-state index contributed by atoms with van der Waals surface area (Å²) in [7, 11) is 0. The molecule has 3 aliphatic heterocycles. The van der Waals surface area contributed by atoms with Crippen molar-refractivity contribution in [3.63, 3.8) is 0 Å². The quantitative estimate of drug-likeness (QED) is 0.685. The molecule has 5 rings (SSSR count). The van der Waals surface area contributed by atoms with Crippen LogP contribution < -0.4 is 4.90 Å². The number of rotatable bonds is 2. The van der Waals surface area contributed by atoms with Gasteiger partial charge in [-0.3, -0.25) is 4.90 Å². The lowest BCUT2D eigenvalue weighted by Gasteiger charge is -2.43. The van der Waals surface area contributed by atoms with Crippen molar-refractivity contribution < 1.29 is 0 Å². The molecular weight excluding hydrogens is 328 g/mol. The van der Waals surface area contributed by atoms with Gasteiger partial charge in [0, 0.05) is 18.3 Å².